The zero-order valence-corrected chi connectivity index (χ0v) is 11.2. The number of hydrogen-bond donors (Lipinski definition) is 1. The van der Waals surface area contributed by atoms with Crippen molar-refractivity contribution in [2.24, 2.45) is 0 Å². The van der Waals surface area contributed by atoms with Gasteiger partial charge in [-0.15, -0.1) is 11.3 Å². The van der Waals surface area contributed by atoms with Gasteiger partial charge in [0, 0.05) is 11.1 Å². The maximum Gasteiger partial charge on any atom is 0.110 e. The first-order chi connectivity index (χ1) is 7.75. The van der Waals surface area contributed by atoms with Gasteiger partial charge in [-0.25, -0.2) is 4.98 Å². The van der Waals surface area contributed by atoms with Gasteiger partial charge in [0.2, 0.25) is 0 Å². The van der Waals surface area contributed by atoms with Crippen LogP contribution >= 0.6 is 22.7 Å². The van der Waals surface area contributed by atoms with E-state index in [1.807, 2.05) is 6.92 Å². The molecule has 2 rings (SSSR count). The van der Waals surface area contributed by atoms with E-state index in [1.165, 1.54) is 10.6 Å². The van der Waals surface area contributed by atoms with Gasteiger partial charge in [0.15, 0.2) is 0 Å². The lowest BCUT2D eigenvalue weighted by Gasteiger charge is -2.10. The predicted molar refractivity (Wildman–Crippen MR) is 71.3 cm³/mol. The van der Waals surface area contributed by atoms with Crippen molar-refractivity contribution in [1.29, 1.82) is 0 Å². The molecule has 1 unspecified atom stereocenters. The maximum absolute atomic E-state index is 4.48. The zero-order chi connectivity index (χ0) is 11.4. The monoisotopic (exact) mass is 252 g/mol. The lowest BCUT2D eigenvalue weighted by Crippen LogP contribution is -2.21. The molecule has 2 aromatic heterocycles. The van der Waals surface area contributed by atoms with Gasteiger partial charge in [-0.3, -0.25) is 0 Å². The highest BCUT2D eigenvalue weighted by Gasteiger charge is 2.07. The Morgan fingerprint density at radius 2 is 2.31 bits per heavy atom. The molecule has 0 fully saturated rings. The molecular formula is C12H16N2S2. The highest BCUT2D eigenvalue weighted by atomic mass is 32.1. The fraction of sp³-hybridized carbons (Fsp3) is 0.417. The smallest absolute Gasteiger partial charge is 0.110 e. The Labute approximate surface area is 104 Å². The second-order valence-electron chi connectivity index (χ2n) is 3.88. The van der Waals surface area contributed by atoms with Gasteiger partial charge >= 0.3 is 0 Å². The molecule has 1 atom stereocenters. The van der Waals surface area contributed by atoms with Crippen molar-refractivity contribution in [3.8, 4) is 0 Å². The Hall–Kier alpha value is -0.710. The molecule has 16 heavy (non-hydrogen) atoms. The molecule has 0 aliphatic rings. The number of aryl methyl sites for hydroxylation is 1. The Balaban J connectivity index is 1.78. The van der Waals surface area contributed by atoms with E-state index in [4.69, 9.17) is 0 Å². The second-order valence-corrected chi connectivity index (χ2v) is 5.55. The second kappa shape index (κ2) is 5.57. The van der Waals surface area contributed by atoms with E-state index < -0.39 is 0 Å². The number of aromatic nitrogens is 1. The first kappa shape index (κ1) is 11.8. The third-order valence-electron chi connectivity index (χ3n) is 2.45. The van der Waals surface area contributed by atoms with Crippen LogP contribution in [0.25, 0.3) is 0 Å². The number of nitrogens with one attached hydrogen (secondary N) is 1. The first-order valence-electron chi connectivity index (χ1n) is 5.42. The van der Waals surface area contributed by atoms with Crippen LogP contribution < -0.4 is 5.32 Å². The van der Waals surface area contributed by atoms with Crippen LogP contribution in [-0.2, 0) is 6.42 Å². The Bertz CT molecular complexity index is 420. The van der Waals surface area contributed by atoms with E-state index in [9.17, 15) is 0 Å². The van der Waals surface area contributed by atoms with Crippen LogP contribution in [0.2, 0.25) is 0 Å². The van der Waals surface area contributed by atoms with Crippen molar-refractivity contribution < 1.29 is 0 Å². The van der Waals surface area contributed by atoms with E-state index in [0.29, 0.717) is 6.04 Å². The summed E-state index contributed by atoms with van der Waals surface area (Å²) < 4.78 is 0. The predicted octanol–water partition coefficient (Wildman–Crippen LogP) is 3.41. The molecule has 86 valence electrons. The summed E-state index contributed by atoms with van der Waals surface area (Å²) in [6.45, 7) is 5.22. The van der Waals surface area contributed by atoms with Gasteiger partial charge in [0.25, 0.3) is 0 Å². The fourth-order valence-corrected chi connectivity index (χ4v) is 3.06. The molecule has 0 aliphatic heterocycles. The van der Waals surface area contributed by atoms with Gasteiger partial charge in [0.05, 0.1) is 6.04 Å². The number of thiazole rings is 1. The summed E-state index contributed by atoms with van der Waals surface area (Å²) in [7, 11) is 0. The van der Waals surface area contributed by atoms with Crippen molar-refractivity contribution in [2.75, 3.05) is 6.54 Å². The van der Waals surface area contributed by atoms with Crippen LogP contribution in [0.15, 0.2) is 22.2 Å². The standard InChI is InChI=1S/C12H16N2S2/c1-9-7-16-12(14-9)10(2)13-5-3-11-4-6-15-8-11/h4,6-8,10,13H,3,5H2,1-2H3. The van der Waals surface area contributed by atoms with E-state index >= 15 is 0 Å². The number of nitrogens with zero attached hydrogens (tertiary/aromatic N) is 1. The van der Waals surface area contributed by atoms with E-state index in [1.54, 1.807) is 22.7 Å². The van der Waals surface area contributed by atoms with Crippen molar-refractivity contribution in [3.63, 3.8) is 0 Å². The molecule has 0 spiro atoms. The molecule has 0 amide bonds. The van der Waals surface area contributed by atoms with Crippen LogP contribution in [0.3, 0.4) is 0 Å². The molecule has 0 saturated carbocycles. The highest BCUT2D eigenvalue weighted by molar-refractivity contribution is 7.09. The van der Waals surface area contributed by atoms with Crippen molar-refractivity contribution in [3.05, 3.63) is 38.5 Å². The highest BCUT2D eigenvalue weighted by Crippen LogP contribution is 2.17. The van der Waals surface area contributed by atoms with Crippen molar-refractivity contribution in [2.45, 2.75) is 26.3 Å². The molecule has 0 saturated heterocycles. The number of hydrogen-bond acceptors (Lipinski definition) is 4. The fourth-order valence-electron chi connectivity index (χ4n) is 1.53. The summed E-state index contributed by atoms with van der Waals surface area (Å²) in [4.78, 5) is 4.48. The third kappa shape index (κ3) is 3.14. The molecule has 2 heterocycles. The van der Waals surface area contributed by atoms with Crippen LogP contribution in [0, 0.1) is 6.92 Å². The van der Waals surface area contributed by atoms with Crippen LogP contribution in [0.4, 0.5) is 0 Å². The molecule has 0 bridgehead atoms. The largest absolute Gasteiger partial charge is 0.308 e. The van der Waals surface area contributed by atoms with Crippen LogP contribution in [0.5, 0.6) is 0 Å². The van der Waals surface area contributed by atoms with Gasteiger partial charge in [-0.05, 0) is 49.2 Å². The summed E-state index contributed by atoms with van der Waals surface area (Å²) in [6.07, 6.45) is 1.10. The summed E-state index contributed by atoms with van der Waals surface area (Å²) >= 11 is 3.49. The third-order valence-corrected chi connectivity index (χ3v) is 4.33. The topological polar surface area (TPSA) is 24.9 Å². The summed E-state index contributed by atoms with van der Waals surface area (Å²) in [5, 5.41) is 11.1. The van der Waals surface area contributed by atoms with E-state index in [2.05, 4.69) is 39.4 Å². The van der Waals surface area contributed by atoms with Crippen molar-refractivity contribution in [1.82, 2.24) is 10.3 Å². The molecule has 4 heteroatoms. The molecule has 2 nitrogen and oxygen atoms in total. The molecule has 0 aliphatic carbocycles. The first-order valence-corrected chi connectivity index (χ1v) is 7.24. The summed E-state index contributed by atoms with van der Waals surface area (Å²) in [5.74, 6) is 0. The quantitative estimate of drug-likeness (QED) is 0.882. The normalized spacial score (nSPS) is 12.9. The Morgan fingerprint density at radius 3 is 2.94 bits per heavy atom. The SMILES string of the molecule is Cc1csc(C(C)NCCc2ccsc2)n1. The van der Waals surface area contributed by atoms with Gasteiger partial charge in [-0.2, -0.15) is 11.3 Å². The van der Waals surface area contributed by atoms with E-state index in [0.717, 1.165) is 18.7 Å². The lowest BCUT2D eigenvalue weighted by molar-refractivity contribution is 0.573. The molecular weight excluding hydrogens is 236 g/mol. The maximum atomic E-state index is 4.48. The lowest BCUT2D eigenvalue weighted by atomic mass is 10.2. The minimum absolute atomic E-state index is 0.359. The van der Waals surface area contributed by atoms with Crippen LogP contribution in [-0.4, -0.2) is 11.5 Å². The molecule has 0 aromatic carbocycles. The van der Waals surface area contributed by atoms with Gasteiger partial charge < -0.3 is 5.32 Å². The van der Waals surface area contributed by atoms with Gasteiger partial charge in [-0.1, -0.05) is 0 Å². The number of rotatable bonds is 5. The Morgan fingerprint density at radius 1 is 1.44 bits per heavy atom. The average molecular weight is 252 g/mol. The van der Waals surface area contributed by atoms with Crippen molar-refractivity contribution >= 4 is 22.7 Å². The minimum atomic E-state index is 0.359. The summed E-state index contributed by atoms with van der Waals surface area (Å²) in [6, 6.07) is 2.54. The van der Waals surface area contributed by atoms with Gasteiger partial charge in [0.1, 0.15) is 5.01 Å². The molecule has 0 radical (unpaired) electrons. The van der Waals surface area contributed by atoms with E-state index in [-0.39, 0.29) is 0 Å². The zero-order valence-electron chi connectivity index (χ0n) is 9.56. The molecule has 2 aromatic rings. The average Bonchev–Trinajstić information content (AvgIpc) is 2.89. The minimum Gasteiger partial charge on any atom is -0.308 e. The summed E-state index contributed by atoms with van der Waals surface area (Å²) in [5.41, 5.74) is 2.53. The number of thiophene rings is 1. The molecule has 1 N–H and O–H groups in total. The Kier molecular flexibility index (Phi) is 4.09. The van der Waals surface area contributed by atoms with Crippen LogP contribution in [0.1, 0.15) is 29.2 Å².